The minimum absolute atomic E-state index is 0.0242. The van der Waals surface area contributed by atoms with Crippen LogP contribution in [-0.4, -0.2) is 51.4 Å². The van der Waals surface area contributed by atoms with Crippen LogP contribution >= 0.6 is 0 Å². The van der Waals surface area contributed by atoms with Crippen molar-refractivity contribution in [2.45, 2.75) is 24.5 Å². The Hall–Kier alpha value is -2.07. The summed E-state index contributed by atoms with van der Waals surface area (Å²) in [6.07, 6.45) is 3.62. The summed E-state index contributed by atoms with van der Waals surface area (Å²) < 4.78 is 46.4. The van der Waals surface area contributed by atoms with Crippen LogP contribution in [0.2, 0.25) is 0 Å². The maximum absolute atomic E-state index is 12.8. The molecule has 23 heavy (non-hydrogen) atoms. The summed E-state index contributed by atoms with van der Waals surface area (Å²) in [7, 11) is -1.91. The predicted octanol–water partition coefficient (Wildman–Crippen LogP) is 0.500. The Morgan fingerprint density at radius 1 is 1.35 bits per heavy atom. The van der Waals surface area contributed by atoms with Gasteiger partial charge in [0, 0.05) is 19.8 Å². The molecule has 2 aromatic rings. The van der Waals surface area contributed by atoms with Crippen LogP contribution in [0.3, 0.4) is 0 Å². The second kappa shape index (κ2) is 5.85. The lowest BCUT2D eigenvalue weighted by molar-refractivity contribution is 0.197. The average Bonchev–Trinajstić information content (AvgIpc) is 3.10. The molecule has 2 aromatic heterocycles. The Morgan fingerprint density at radius 3 is 2.65 bits per heavy atom. The largest absolute Gasteiger partial charge is 0.459 e. The van der Waals surface area contributed by atoms with Crippen LogP contribution in [0.5, 0.6) is 6.01 Å². The average molecular weight is 341 g/mol. The highest BCUT2D eigenvalue weighted by atomic mass is 32.2. The highest BCUT2D eigenvalue weighted by Crippen LogP contribution is 2.22. The molecule has 0 N–H and O–H groups in total. The zero-order valence-corrected chi connectivity index (χ0v) is 13.5. The lowest BCUT2D eigenvalue weighted by Gasteiger charge is -2.15. The fourth-order valence-corrected chi connectivity index (χ4v) is 3.82. The highest BCUT2D eigenvalue weighted by molar-refractivity contribution is 7.89. The molecule has 8 nitrogen and oxygen atoms in total. The maximum atomic E-state index is 12.8. The van der Waals surface area contributed by atoms with Gasteiger partial charge in [-0.15, -0.1) is 0 Å². The third-order valence-corrected chi connectivity index (χ3v) is 5.40. The Kier molecular flexibility index (Phi) is 4.02. The van der Waals surface area contributed by atoms with Crippen molar-refractivity contribution in [1.82, 2.24) is 23.8 Å². The van der Waals surface area contributed by atoms with Crippen molar-refractivity contribution in [3.05, 3.63) is 30.2 Å². The molecule has 10 heteroatoms. The monoisotopic (exact) mass is 341 g/mol. The molecule has 0 aliphatic carbocycles. The van der Waals surface area contributed by atoms with E-state index < -0.39 is 15.8 Å². The van der Waals surface area contributed by atoms with E-state index in [-0.39, 0.29) is 23.7 Å². The third kappa shape index (κ3) is 3.17. The fourth-order valence-electron chi connectivity index (χ4n) is 2.31. The van der Waals surface area contributed by atoms with Crippen LogP contribution in [0.4, 0.5) is 4.39 Å². The first kappa shape index (κ1) is 15.8. The molecule has 0 unspecified atom stereocenters. The van der Waals surface area contributed by atoms with Crippen molar-refractivity contribution in [2.75, 3.05) is 13.1 Å². The minimum atomic E-state index is -3.65. The number of aromatic nitrogens is 4. The normalized spacial score (nSPS) is 19.2. The summed E-state index contributed by atoms with van der Waals surface area (Å²) in [5.41, 5.74) is 0. The van der Waals surface area contributed by atoms with Gasteiger partial charge in [-0.1, -0.05) is 0 Å². The summed E-state index contributed by atoms with van der Waals surface area (Å²) in [6.45, 7) is 2.24. The van der Waals surface area contributed by atoms with Crippen molar-refractivity contribution < 1.29 is 17.5 Å². The number of sulfonamides is 1. The lowest BCUT2D eigenvalue weighted by atomic mass is 10.3. The first-order chi connectivity index (χ1) is 10.9. The minimum Gasteiger partial charge on any atom is -0.459 e. The van der Waals surface area contributed by atoms with Crippen LogP contribution in [0, 0.1) is 12.7 Å². The van der Waals surface area contributed by atoms with Gasteiger partial charge in [0.2, 0.25) is 0 Å². The molecule has 0 aromatic carbocycles. The number of nitrogens with zero attached hydrogens (tertiary/aromatic N) is 5. The summed E-state index contributed by atoms with van der Waals surface area (Å²) in [4.78, 5) is 11.5. The van der Waals surface area contributed by atoms with Crippen molar-refractivity contribution in [2.24, 2.45) is 7.05 Å². The van der Waals surface area contributed by atoms with Crippen LogP contribution in [0.25, 0.3) is 0 Å². The highest BCUT2D eigenvalue weighted by Gasteiger charge is 2.35. The van der Waals surface area contributed by atoms with Gasteiger partial charge >= 0.3 is 6.01 Å². The zero-order chi connectivity index (χ0) is 16.6. The zero-order valence-electron chi connectivity index (χ0n) is 12.7. The van der Waals surface area contributed by atoms with E-state index in [1.54, 1.807) is 18.5 Å². The molecule has 1 fully saturated rings. The Morgan fingerprint density at radius 2 is 2.04 bits per heavy atom. The van der Waals surface area contributed by atoms with Gasteiger partial charge in [-0.3, -0.25) is 0 Å². The summed E-state index contributed by atoms with van der Waals surface area (Å²) in [5, 5.41) is 0.0242. The number of aryl methyl sites for hydroxylation is 2. The third-order valence-electron chi connectivity index (χ3n) is 3.67. The first-order valence-corrected chi connectivity index (χ1v) is 8.44. The second-order valence-electron chi connectivity index (χ2n) is 5.31. The van der Waals surface area contributed by atoms with Crippen molar-refractivity contribution in [1.29, 1.82) is 0 Å². The molecular formula is C13H16FN5O3S. The van der Waals surface area contributed by atoms with Crippen molar-refractivity contribution in [3.63, 3.8) is 0 Å². The second-order valence-corrected chi connectivity index (χ2v) is 7.20. The summed E-state index contributed by atoms with van der Waals surface area (Å²) in [5.74, 6) is 0.0637. The van der Waals surface area contributed by atoms with E-state index >= 15 is 0 Å². The molecule has 3 heterocycles. The van der Waals surface area contributed by atoms with Gasteiger partial charge in [0.05, 0.1) is 18.9 Å². The lowest BCUT2D eigenvalue weighted by Crippen LogP contribution is -2.31. The van der Waals surface area contributed by atoms with E-state index in [0.717, 1.165) is 12.4 Å². The van der Waals surface area contributed by atoms with Gasteiger partial charge in [0.15, 0.2) is 10.8 Å². The standard InChI is InChI=1S/C13H16FN5O3S/c1-9-17-12(8-18(9)2)23(20,21)19-4-3-11(7-19)22-13-15-5-10(14)6-16-13/h5-6,8,11H,3-4,7H2,1-2H3/t11-/m1/s1. The smallest absolute Gasteiger partial charge is 0.316 e. The number of halogens is 1. The Bertz CT molecular complexity index is 786. The van der Waals surface area contributed by atoms with E-state index in [1.807, 2.05) is 0 Å². The van der Waals surface area contributed by atoms with Crippen LogP contribution in [0.15, 0.2) is 23.6 Å². The summed E-state index contributed by atoms with van der Waals surface area (Å²) in [6, 6.07) is 0.0318. The molecule has 0 amide bonds. The maximum Gasteiger partial charge on any atom is 0.316 e. The Labute approximate surface area is 133 Å². The predicted molar refractivity (Wildman–Crippen MR) is 77.7 cm³/mol. The van der Waals surface area contributed by atoms with E-state index in [1.165, 1.54) is 10.5 Å². The van der Waals surface area contributed by atoms with Gasteiger partial charge < -0.3 is 9.30 Å². The Balaban J connectivity index is 1.70. The molecule has 1 saturated heterocycles. The summed E-state index contributed by atoms with van der Waals surface area (Å²) >= 11 is 0. The first-order valence-electron chi connectivity index (χ1n) is 7.00. The number of rotatable bonds is 4. The SMILES string of the molecule is Cc1nc(S(=O)(=O)N2CC[C@@H](Oc3ncc(F)cn3)C2)cn1C. The quantitative estimate of drug-likeness (QED) is 0.804. The molecule has 0 spiro atoms. The van der Waals surface area contributed by atoms with Gasteiger partial charge in [-0.2, -0.15) is 4.31 Å². The molecule has 1 aliphatic rings. The number of imidazole rings is 1. The van der Waals surface area contributed by atoms with Gasteiger partial charge in [-0.25, -0.2) is 27.8 Å². The fraction of sp³-hybridized carbons (Fsp3) is 0.462. The van der Waals surface area contributed by atoms with Crippen molar-refractivity contribution in [3.8, 4) is 6.01 Å². The van der Waals surface area contributed by atoms with Gasteiger partial charge in [-0.05, 0) is 13.3 Å². The molecule has 1 aliphatic heterocycles. The van der Waals surface area contributed by atoms with Gasteiger partial charge in [0.25, 0.3) is 10.0 Å². The number of hydrogen-bond donors (Lipinski definition) is 0. The topological polar surface area (TPSA) is 90.2 Å². The van der Waals surface area contributed by atoms with Crippen LogP contribution < -0.4 is 4.74 Å². The molecule has 0 bridgehead atoms. The number of ether oxygens (including phenoxy) is 1. The van der Waals surface area contributed by atoms with E-state index in [0.29, 0.717) is 18.8 Å². The van der Waals surface area contributed by atoms with E-state index in [4.69, 9.17) is 4.74 Å². The molecular weight excluding hydrogens is 325 g/mol. The molecule has 1 atom stereocenters. The van der Waals surface area contributed by atoms with Crippen molar-refractivity contribution >= 4 is 10.0 Å². The van der Waals surface area contributed by atoms with E-state index in [9.17, 15) is 12.8 Å². The van der Waals surface area contributed by atoms with E-state index in [2.05, 4.69) is 15.0 Å². The molecule has 3 rings (SSSR count). The van der Waals surface area contributed by atoms with Crippen LogP contribution in [-0.2, 0) is 17.1 Å². The van der Waals surface area contributed by atoms with Gasteiger partial charge in [0.1, 0.15) is 11.9 Å². The molecule has 0 radical (unpaired) electrons. The van der Waals surface area contributed by atoms with Crippen LogP contribution in [0.1, 0.15) is 12.2 Å². The molecule has 0 saturated carbocycles. The number of hydrogen-bond acceptors (Lipinski definition) is 6. The molecule has 124 valence electrons.